The van der Waals surface area contributed by atoms with E-state index in [9.17, 15) is 4.79 Å². The van der Waals surface area contributed by atoms with Gasteiger partial charge in [0.2, 0.25) is 5.91 Å². The molecular formula is C27H30N2O. The molecule has 0 aliphatic heterocycles. The predicted molar refractivity (Wildman–Crippen MR) is 125 cm³/mol. The zero-order valence-electron chi connectivity index (χ0n) is 18.1. The Morgan fingerprint density at radius 3 is 2.33 bits per heavy atom. The van der Waals surface area contributed by atoms with Crippen LogP contribution in [0.4, 0.5) is 5.69 Å². The number of amides is 1. The second kappa shape index (κ2) is 8.85. The predicted octanol–water partition coefficient (Wildman–Crippen LogP) is 5.47. The number of fused-ring (bicyclic) bond motifs is 1. The van der Waals surface area contributed by atoms with Crippen LogP contribution < -0.4 is 5.32 Å². The number of carbonyl (C=O) groups is 1. The second-order valence-corrected chi connectivity index (χ2v) is 8.71. The number of aryl methyl sites for hydroxylation is 2. The van der Waals surface area contributed by atoms with Crippen LogP contribution >= 0.6 is 0 Å². The minimum Gasteiger partial charge on any atom is -0.326 e. The molecule has 0 saturated heterocycles. The number of carbonyl (C=O) groups excluding carboxylic acids is 1. The van der Waals surface area contributed by atoms with Gasteiger partial charge in [-0.25, -0.2) is 0 Å². The summed E-state index contributed by atoms with van der Waals surface area (Å²) in [6.07, 6.45) is 2.67. The minimum atomic E-state index is 0.0206. The summed E-state index contributed by atoms with van der Waals surface area (Å²) in [5, 5.41) is 3.12. The molecule has 0 saturated carbocycles. The maximum Gasteiger partial charge on any atom is 0.227 e. The number of benzene rings is 3. The molecule has 0 spiro atoms. The highest BCUT2D eigenvalue weighted by Gasteiger charge is 2.25. The molecule has 1 atom stereocenters. The fraction of sp³-hybridized carbons (Fsp3) is 0.296. The molecule has 4 rings (SSSR count). The van der Waals surface area contributed by atoms with Gasteiger partial charge < -0.3 is 10.2 Å². The van der Waals surface area contributed by atoms with Gasteiger partial charge in [0.25, 0.3) is 0 Å². The van der Waals surface area contributed by atoms with Crippen molar-refractivity contribution in [2.24, 2.45) is 5.92 Å². The molecule has 3 aromatic carbocycles. The summed E-state index contributed by atoms with van der Waals surface area (Å²) in [4.78, 5) is 15.0. The summed E-state index contributed by atoms with van der Waals surface area (Å²) in [5.74, 6) is 0.147. The van der Waals surface area contributed by atoms with Crippen molar-refractivity contribution >= 4 is 11.6 Å². The van der Waals surface area contributed by atoms with Gasteiger partial charge in [-0.05, 0) is 80.2 Å². The molecule has 1 unspecified atom stereocenters. The van der Waals surface area contributed by atoms with Crippen molar-refractivity contribution in [3.63, 3.8) is 0 Å². The van der Waals surface area contributed by atoms with Crippen molar-refractivity contribution in [2.75, 3.05) is 19.4 Å². The molecular weight excluding hydrogens is 368 g/mol. The van der Waals surface area contributed by atoms with Crippen LogP contribution in [0.15, 0.2) is 66.7 Å². The number of hydrogen-bond donors (Lipinski definition) is 1. The van der Waals surface area contributed by atoms with Crippen molar-refractivity contribution in [3.05, 3.63) is 89.0 Å². The highest BCUT2D eigenvalue weighted by Crippen LogP contribution is 2.31. The molecule has 1 amide bonds. The zero-order chi connectivity index (χ0) is 21.1. The monoisotopic (exact) mass is 398 g/mol. The third-order valence-corrected chi connectivity index (χ3v) is 5.91. The summed E-state index contributed by atoms with van der Waals surface area (Å²) in [5.41, 5.74) is 8.53. The van der Waals surface area contributed by atoms with Gasteiger partial charge in [0.05, 0.1) is 0 Å². The number of nitrogens with zero attached hydrogens (tertiary/aromatic N) is 1. The average molecular weight is 399 g/mol. The van der Waals surface area contributed by atoms with E-state index in [1.165, 1.54) is 33.4 Å². The normalized spacial score (nSPS) is 15.7. The Morgan fingerprint density at radius 2 is 1.63 bits per heavy atom. The third-order valence-electron chi connectivity index (χ3n) is 5.91. The second-order valence-electron chi connectivity index (χ2n) is 8.71. The van der Waals surface area contributed by atoms with Crippen LogP contribution in [0.3, 0.4) is 0 Å². The Bertz CT molecular complexity index is 1020. The lowest BCUT2D eigenvalue weighted by molar-refractivity contribution is -0.120. The van der Waals surface area contributed by atoms with Crippen molar-refractivity contribution in [2.45, 2.75) is 32.7 Å². The van der Waals surface area contributed by atoms with Gasteiger partial charge in [0, 0.05) is 18.2 Å². The van der Waals surface area contributed by atoms with E-state index in [0.29, 0.717) is 0 Å². The largest absolute Gasteiger partial charge is 0.326 e. The Kier molecular flexibility index (Phi) is 6.01. The van der Waals surface area contributed by atoms with Crippen LogP contribution in [0.1, 0.15) is 28.7 Å². The number of nitrogens with one attached hydrogen (secondary N) is 1. The maximum absolute atomic E-state index is 12.9. The van der Waals surface area contributed by atoms with Gasteiger partial charge in [-0.2, -0.15) is 0 Å². The average Bonchev–Trinajstić information content (AvgIpc) is 2.74. The fourth-order valence-electron chi connectivity index (χ4n) is 4.21. The lowest BCUT2D eigenvalue weighted by Crippen LogP contribution is -2.28. The summed E-state index contributed by atoms with van der Waals surface area (Å²) in [7, 11) is 4.11. The molecule has 3 nitrogen and oxygen atoms in total. The molecule has 0 fully saturated rings. The molecule has 1 N–H and O–H groups in total. The van der Waals surface area contributed by atoms with Gasteiger partial charge in [-0.15, -0.1) is 0 Å². The highest BCUT2D eigenvalue weighted by atomic mass is 16.1. The van der Waals surface area contributed by atoms with E-state index in [-0.39, 0.29) is 11.8 Å². The van der Waals surface area contributed by atoms with Crippen LogP contribution in [-0.2, 0) is 24.2 Å². The first kappa shape index (κ1) is 20.4. The Morgan fingerprint density at radius 1 is 0.933 bits per heavy atom. The van der Waals surface area contributed by atoms with Crippen molar-refractivity contribution in [3.8, 4) is 11.1 Å². The van der Waals surface area contributed by atoms with Crippen LogP contribution in [0.2, 0.25) is 0 Å². The number of rotatable bonds is 5. The van der Waals surface area contributed by atoms with E-state index in [0.717, 1.165) is 31.5 Å². The molecule has 0 aromatic heterocycles. The zero-order valence-corrected chi connectivity index (χ0v) is 18.1. The molecule has 154 valence electrons. The van der Waals surface area contributed by atoms with Crippen LogP contribution in [0, 0.1) is 12.8 Å². The fourth-order valence-corrected chi connectivity index (χ4v) is 4.21. The summed E-state index contributed by atoms with van der Waals surface area (Å²) < 4.78 is 0. The van der Waals surface area contributed by atoms with Crippen LogP contribution in [0.5, 0.6) is 0 Å². The highest BCUT2D eigenvalue weighted by molar-refractivity contribution is 5.93. The van der Waals surface area contributed by atoms with Crippen molar-refractivity contribution in [1.82, 2.24) is 4.90 Å². The lowest BCUT2D eigenvalue weighted by Gasteiger charge is -2.24. The van der Waals surface area contributed by atoms with E-state index in [4.69, 9.17) is 0 Å². The topological polar surface area (TPSA) is 32.3 Å². The van der Waals surface area contributed by atoms with Gasteiger partial charge in [-0.3, -0.25) is 4.79 Å². The van der Waals surface area contributed by atoms with Gasteiger partial charge in [0.1, 0.15) is 0 Å². The summed E-state index contributed by atoms with van der Waals surface area (Å²) in [6, 6.07) is 23.5. The standard InChI is InChI=1S/C27H30N2O/c1-19-4-8-21(9-5-19)23-12-10-22-11-13-24(17-25(22)16-23)27(30)28-26-14-6-20(7-15-26)18-29(2)3/h4-10,12,14-16,24H,11,13,17-18H2,1-3H3,(H,28,30). The van der Waals surface area contributed by atoms with Gasteiger partial charge >= 0.3 is 0 Å². The van der Waals surface area contributed by atoms with Crippen LogP contribution in [0.25, 0.3) is 11.1 Å². The first-order valence-electron chi connectivity index (χ1n) is 10.7. The molecule has 30 heavy (non-hydrogen) atoms. The molecule has 3 aromatic rings. The maximum atomic E-state index is 12.9. The number of anilines is 1. The van der Waals surface area contributed by atoms with E-state index in [1.54, 1.807) is 0 Å². The third kappa shape index (κ3) is 4.80. The quantitative estimate of drug-likeness (QED) is 0.618. The van der Waals surface area contributed by atoms with Crippen molar-refractivity contribution in [1.29, 1.82) is 0 Å². The first-order valence-corrected chi connectivity index (χ1v) is 10.7. The summed E-state index contributed by atoms with van der Waals surface area (Å²) in [6.45, 7) is 3.01. The molecule has 0 heterocycles. The Balaban J connectivity index is 1.44. The lowest BCUT2D eigenvalue weighted by atomic mass is 9.82. The SMILES string of the molecule is Cc1ccc(-c2ccc3c(c2)CC(C(=O)Nc2ccc(CN(C)C)cc2)CC3)cc1. The Labute approximate surface area is 179 Å². The van der Waals surface area contributed by atoms with Gasteiger partial charge in [0.15, 0.2) is 0 Å². The first-order chi connectivity index (χ1) is 14.5. The smallest absolute Gasteiger partial charge is 0.227 e. The van der Waals surface area contributed by atoms with E-state index < -0.39 is 0 Å². The van der Waals surface area contributed by atoms with Crippen molar-refractivity contribution < 1.29 is 4.79 Å². The molecule has 3 heteroatoms. The van der Waals surface area contributed by atoms with E-state index >= 15 is 0 Å². The molecule has 1 aliphatic carbocycles. The van der Waals surface area contributed by atoms with E-state index in [1.807, 2.05) is 12.1 Å². The molecule has 0 radical (unpaired) electrons. The van der Waals surface area contributed by atoms with E-state index in [2.05, 4.69) is 85.8 Å². The number of hydrogen-bond acceptors (Lipinski definition) is 2. The molecule has 1 aliphatic rings. The summed E-state index contributed by atoms with van der Waals surface area (Å²) >= 11 is 0. The minimum absolute atomic E-state index is 0.0206. The Hall–Kier alpha value is -2.91. The molecule has 0 bridgehead atoms. The van der Waals surface area contributed by atoms with Gasteiger partial charge in [-0.1, -0.05) is 60.2 Å². The van der Waals surface area contributed by atoms with Crippen LogP contribution in [-0.4, -0.2) is 24.9 Å².